The van der Waals surface area contributed by atoms with Crippen molar-refractivity contribution in [2.75, 3.05) is 0 Å². The van der Waals surface area contributed by atoms with E-state index in [-0.39, 0.29) is 0 Å². The highest BCUT2D eigenvalue weighted by Crippen LogP contribution is 2.28. The fourth-order valence-corrected chi connectivity index (χ4v) is 2.53. The van der Waals surface area contributed by atoms with E-state index < -0.39 is 0 Å². The van der Waals surface area contributed by atoms with Crippen LogP contribution in [0.25, 0.3) is 0 Å². The van der Waals surface area contributed by atoms with Gasteiger partial charge in [0, 0.05) is 13.0 Å². The molecule has 1 saturated carbocycles. The molecular weight excluding hydrogens is 186 g/mol. The van der Waals surface area contributed by atoms with Gasteiger partial charge in [-0.1, -0.05) is 32.6 Å². The van der Waals surface area contributed by atoms with Crippen LogP contribution in [0.3, 0.4) is 0 Å². The van der Waals surface area contributed by atoms with Crippen molar-refractivity contribution in [3.05, 3.63) is 12.2 Å². The average molecular weight is 207 g/mol. The van der Waals surface area contributed by atoms with Crippen LogP contribution in [0.1, 0.15) is 51.3 Å². The van der Waals surface area contributed by atoms with E-state index in [0.717, 1.165) is 25.3 Å². The third-order valence-corrected chi connectivity index (χ3v) is 3.41. The van der Waals surface area contributed by atoms with Crippen LogP contribution in [-0.4, -0.2) is 14.8 Å². The molecule has 84 valence electrons. The predicted molar refractivity (Wildman–Crippen MR) is 60.6 cm³/mol. The van der Waals surface area contributed by atoms with Gasteiger partial charge < -0.3 is 4.57 Å². The van der Waals surface area contributed by atoms with Crippen molar-refractivity contribution < 1.29 is 0 Å². The van der Waals surface area contributed by atoms with E-state index in [1.54, 1.807) is 0 Å². The van der Waals surface area contributed by atoms with Gasteiger partial charge in [0.15, 0.2) is 0 Å². The Balaban J connectivity index is 1.83. The molecule has 0 unspecified atom stereocenters. The van der Waals surface area contributed by atoms with Crippen LogP contribution in [0.5, 0.6) is 0 Å². The van der Waals surface area contributed by atoms with Crippen LogP contribution < -0.4 is 0 Å². The van der Waals surface area contributed by atoms with E-state index in [0.29, 0.717) is 0 Å². The van der Waals surface area contributed by atoms with Gasteiger partial charge in [0.25, 0.3) is 0 Å². The standard InChI is InChI=1S/C12H21N3/c1-2-9-15-10-13-14-12(15)8-7-11-5-3-4-6-11/h10-11H,2-9H2,1H3. The van der Waals surface area contributed by atoms with E-state index in [2.05, 4.69) is 21.7 Å². The van der Waals surface area contributed by atoms with E-state index in [1.807, 2.05) is 6.33 Å². The molecule has 1 fully saturated rings. The summed E-state index contributed by atoms with van der Waals surface area (Å²) in [6, 6.07) is 0. The zero-order valence-electron chi connectivity index (χ0n) is 9.65. The molecule has 3 heteroatoms. The lowest BCUT2D eigenvalue weighted by Crippen LogP contribution is -2.05. The number of nitrogens with zero attached hydrogens (tertiary/aromatic N) is 3. The Morgan fingerprint density at radius 3 is 2.93 bits per heavy atom. The van der Waals surface area contributed by atoms with Gasteiger partial charge in [0.05, 0.1) is 0 Å². The maximum absolute atomic E-state index is 4.21. The molecule has 3 nitrogen and oxygen atoms in total. The summed E-state index contributed by atoms with van der Waals surface area (Å²) in [4.78, 5) is 0. The minimum atomic E-state index is 0.955. The Morgan fingerprint density at radius 1 is 1.40 bits per heavy atom. The topological polar surface area (TPSA) is 30.7 Å². The molecular formula is C12H21N3. The molecule has 0 N–H and O–H groups in total. The van der Waals surface area contributed by atoms with Crippen molar-refractivity contribution in [2.45, 2.75) is 58.4 Å². The lowest BCUT2D eigenvalue weighted by atomic mass is 10.0. The van der Waals surface area contributed by atoms with Gasteiger partial charge in [-0.15, -0.1) is 10.2 Å². The molecule has 0 saturated heterocycles. The van der Waals surface area contributed by atoms with Crippen molar-refractivity contribution >= 4 is 0 Å². The van der Waals surface area contributed by atoms with E-state index in [9.17, 15) is 0 Å². The van der Waals surface area contributed by atoms with Crippen molar-refractivity contribution in [2.24, 2.45) is 5.92 Å². The van der Waals surface area contributed by atoms with Gasteiger partial charge >= 0.3 is 0 Å². The fourth-order valence-electron chi connectivity index (χ4n) is 2.53. The maximum Gasteiger partial charge on any atom is 0.132 e. The smallest absolute Gasteiger partial charge is 0.132 e. The molecule has 1 aromatic rings. The molecule has 0 aromatic carbocycles. The zero-order chi connectivity index (χ0) is 10.5. The quantitative estimate of drug-likeness (QED) is 0.743. The summed E-state index contributed by atoms with van der Waals surface area (Å²) in [5, 5.41) is 8.21. The number of aryl methyl sites for hydroxylation is 2. The Kier molecular flexibility index (Phi) is 3.75. The lowest BCUT2D eigenvalue weighted by Gasteiger charge is -2.08. The largest absolute Gasteiger partial charge is 0.318 e. The second-order valence-corrected chi connectivity index (χ2v) is 4.63. The summed E-state index contributed by atoms with van der Waals surface area (Å²) in [6.45, 7) is 3.26. The number of hydrogen-bond donors (Lipinski definition) is 0. The molecule has 2 rings (SSSR count). The second kappa shape index (κ2) is 5.29. The van der Waals surface area contributed by atoms with Gasteiger partial charge in [0.1, 0.15) is 12.2 Å². The normalized spacial score (nSPS) is 17.4. The molecule has 0 spiro atoms. The third kappa shape index (κ3) is 2.80. The first-order valence-corrected chi connectivity index (χ1v) is 6.27. The maximum atomic E-state index is 4.21. The first-order valence-electron chi connectivity index (χ1n) is 6.27. The van der Waals surface area contributed by atoms with Crippen LogP contribution in [0.4, 0.5) is 0 Å². The minimum Gasteiger partial charge on any atom is -0.318 e. The van der Waals surface area contributed by atoms with Crippen LogP contribution in [0.2, 0.25) is 0 Å². The summed E-state index contributed by atoms with van der Waals surface area (Å²) in [5.74, 6) is 2.14. The van der Waals surface area contributed by atoms with E-state index in [4.69, 9.17) is 0 Å². The van der Waals surface area contributed by atoms with Gasteiger partial charge in [-0.05, 0) is 18.8 Å². The minimum absolute atomic E-state index is 0.955. The third-order valence-electron chi connectivity index (χ3n) is 3.41. The molecule has 1 aliphatic rings. The molecule has 1 heterocycles. The lowest BCUT2D eigenvalue weighted by molar-refractivity contribution is 0.487. The van der Waals surface area contributed by atoms with Crippen LogP contribution in [0, 0.1) is 5.92 Å². The first kappa shape index (κ1) is 10.7. The van der Waals surface area contributed by atoms with Gasteiger partial charge in [-0.25, -0.2) is 0 Å². The van der Waals surface area contributed by atoms with Crippen LogP contribution in [0.15, 0.2) is 6.33 Å². The van der Waals surface area contributed by atoms with Crippen molar-refractivity contribution in [1.82, 2.24) is 14.8 Å². The van der Waals surface area contributed by atoms with Crippen molar-refractivity contribution in [3.63, 3.8) is 0 Å². The van der Waals surface area contributed by atoms with Crippen molar-refractivity contribution in [1.29, 1.82) is 0 Å². The molecule has 1 aromatic heterocycles. The Labute approximate surface area is 91.9 Å². The van der Waals surface area contributed by atoms with Crippen LogP contribution in [-0.2, 0) is 13.0 Å². The summed E-state index contributed by atoms with van der Waals surface area (Å²) < 4.78 is 2.20. The average Bonchev–Trinajstić information content (AvgIpc) is 2.85. The summed E-state index contributed by atoms with van der Waals surface area (Å²) in [6.07, 6.45) is 11.2. The Hall–Kier alpha value is -0.860. The molecule has 0 bridgehead atoms. The zero-order valence-corrected chi connectivity index (χ0v) is 9.65. The molecule has 15 heavy (non-hydrogen) atoms. The number of hydrogen-bond acceptors (Lipinski definition) is 2. The Morgan fingerprint density at radius 2 is 2.20 bits per heavy atom. The van der Waals surface area contributed by atoms with Gasteiger partial charge in [-0.3, -0.25) is 0 Å². The first-order chi connectivity index (χ1) is 7.40. The monoisotopic (exact) mass is 207 g/mol. The number of rotatable bonds is 5. The molecule has 0 radical (unpaired) electrons. The summed E-state index contributed by atoms with van der Waals surface area (Å²) >= 11 is 0. The SMILES string of the molecule is CCCn1cnnc1CCC1CCCC1. The second-order valence-electron chi connectivity index (χ2n) is 4.63. The highest BCUT2D eigenvalue weighted by Gasteiger charge is 2.15. The predicted octanol–water partition coefficient (Wildman–Crippen LogP) is 2.81. The van der Waals surface area contributed by atoms with Gasteiger partial charge in [0.2, 0.25) is 0 Å². The van der Waals surface area contributed by atoms with E-state index in [1.165, 1.54) is 37.9 Å². The Bertz CT molecular complexity index is 287. The fraction of sp³-hybridized carbons (Fsp3) is 0.833. The molecule has 0 aliphatic heterocycles. The van der Waals surface area contributed by atoms with Gasteiger partial charge in [-0.2, -0.15) is 0 Å². The molecule has 0 atom stereocenters. The summed E-state index contributed by atoms with van der Waals surface area (Å²) in [7, 11) is 0. The highest BCUT2D eigenvalue weighted by molar-refractivity contribution is 4.87. The summed E-state index contributed by atoms with van der Waals surface area (Å²) in [5.41, 5.74) is 0. The molecule has 1 aliphatic carbocycles. The number of aromatic nitrogens is 3. The molecule has 0 amide bonds. The van der Waals surface area contributed by atoms with E-state index >= 15 is 0 Å². The van der Waals surface area contributed by atoms with Crippen LogP contribution >= 0.6 is 0 Å². The highest BCUT2D eigenvalue weighted by atomic mass is 15.3. The van der Waals surface area contributed by atoms with Crippen molar-refractivity contribution in [3.8, 4) is 0 Å².